The van der Waals surface area contributed by atoms with E-state index in [9.17, 15) is 14.4 Å². The number of rotatable bonds is 5. The zero-order valence-electron chi connectivity index (χ0n) is 14.9. The average Bonchev–Trinajstić information content (AvgIpc) is 3.14. The number of carbonyl (C=O) groups is 2. The first-order valence-electron chi connectivity index (χ1n) is 8.49. The van der Waals surface area contributed by atoms with Crippen molar-refractivity contribution in [3.8, 4) is 0 Å². The molecule has 0 N–H and O–H groups in total. The Labute approximate surface area is 145 Å². The second-order valence-electron chi connectivity index (χ2n) is 6.31. The van der Waals surface area contributed by atoms with Crippen LogP contribution in [0.4, 0.5) is 0 Å². The molecule has 0 atom stereocenters. The Kier molecular flexibility index (Phi) is 4.36. The summed E-state index contributed by atoms with van der Waals surface area (Å²) in [6, 6.07) is 1.69. The maximum absolute atomic E-state index is 12.9. The molecule has 3 rings (SSSR count). The molecular weight excluding hydrogens is 324 g/mol. The number of carbonyl (C=O) groups excluding carboxylic acids is 2. The summed E-state index contributed by atoms with van der Waals surface area (Å²) in [6.45, 7) is 7.79. The van der Waals surface area contributed by atoms with E-state index < -0.39 is 5.97 Å². The molecule has 25 heavy (non-hydrogen) atoms. The number of aromatic nitrogens is 3. The summed E-state index contributed by atoms with van der Waals surface area (Å²) < 4.78 is 7.88. The van der Waals surface area contributed by atoms with E-state index in [0.29, 0.717) is 17.6 Å². The van der Waals surface area contributed by atoms with Crippen LogP contribution in [0.1, 0.15) is 49.4 Å². The van der Waals surface area contributed by atoms with Gasteiger partial charge in [0.15, 0.2) is 0 Å². The van der Waals surface area contributed by atoms with Gasteiger partial charge in [-0.2, -0.15) is 9.61 Å². The highest BCUT2D eigenvalue weighted by molar-refractivity contribution is 5.97. The molecule has 0 radical (unpaired) electrons. The summed E-state index contributed by atoms with van der Waals surface area (Å²) in [6.07, 6.45) is 0.650. The van der Waals surface area contributed by atoms with Gasteiger partial charge in [0.2, 0.25) is 0 Å². The molecule has 8 heteroatoms. The topological polar surface area (TPSA) is 85.9 Å². The fourth-order valence-corrected chi connectivity index (χ4v) is 3.12. The third-order valence-corrected chi connectivity index (χ3v) is 4.39. The minimum atomic E-state index is -0.453. The van der Waals surface area contributed by atoms with Crippen LogP contribution in [0.15, 0.2) is 10.9 Å². The van der Waals surface area contributed by atoms with Gasteiger partial charge in [-0.05, 0) is 27.2 Å². The molecular formula is C17H22N4O4. The van der Waals surface area contributed by atoms with Gasteiger partial charge in [0.1, 0.15) is 17.9 Å². The van der Waals surface area contributed by atoms with Gasteiger partial charge in [0.25, 0.3) is 11.5 Å². The van der Waals surface area contributed by atoms with Crippen molar-refractivity contribution in [1.82, 2.24) is 19.1 Å². The van der Waals surface area contributed by atoms with Crippen molar-refractivity contribution in [2.45, 2.75) is 53.2 Å². The zero-order valence-corrected chi connectivity index (χ0v) is 14.9. The average molecular weight is 346 g/mol. The van der Waals surface area contributed by atoms with E-state index in [2.05, 4.69) is 5.10 Å². The van der Waals surface area contributed by atoms with E-state index in [1.807, 2.05) is 20.8 Å². The standard InChI is InChI=1S/C17H22N4O4/c1-5-11-7-13-20(9-14(22)25-6-2)15-12(16(23)21(13)18-11)8-19(10(3)4)17(15)24/h7,10H,5-6,8-9H2,1-4H3. The number of nitrogens with zero attached hydrogens (tertiary/aromatic N) is 4. The van der Waals surface area contributed by atoms with E-state index in [1.54, 1.807) is 22.5 Å². The lowest BCUT2D eigenvalue weighted by atomic mass is 10.2. The van der Waals surface area contributed by atoms with E-state index in [0.717, 1.165) is 5.69 Å². The number of fused-ring (bicyclic) bond motifs is 2. The van der Waals surface area contributed by atoms with Gasteiger partial charge in [-0.15, -0.1) is 0 Å². The van der Waals surface area contributed by atoms with Crippen molar-refractivity contribution < 1.29 is 14.3 Å². The zero-order chi connectivity index (χ0) is 18.3. The Morgan fingerprint density at radius 3 is 2.64 bits per heavy atom. The molecule has 0 fully saturated rings. The monoisotopic (exact) mass is 346 g/mol. The van der Waals surface area contributed by atoms with Crippen molar-refractivity contribution in [2.75, 3.05) is 6.61 Å². The summed E-state index contributed by atoms with van der Waals surface area (Å²) in [7, 11) is 0. The van der Waals surface area contributed by atoms with Crippen LogP contribution in [0.2, 0.25) is 0 Å². The second-order valence-corrected chi connectivity index (χ2v) is 6.31. The van der Waals surface area contributed by atoms with E-state index in [1.165, 1.54) is 4.52 Å². The van der Waals surface area contributed by atoms with Crippen LogP contribution in [0.3, 0.4) is 0 Å². The van der Waals surface area contributed by atoms with Crippen molar-refractivity contribution in [3.63, 3.8) is 0 Å². The molecule has 1 amide bonds. The Balaban J connectivity index is 2.26. The van der Waals surface area contributed by atoms with Crippen molar-refractivity contribution in [2.24, 2.45) is 0 Å². The summed E-state index contributed by atoms with van der Waals surface area (Å²) >= 11 is 0. The number of amides is 1. The minimum Gasteiger partial charge on any atom is -0.465 e. The summed E-state index contributed by atoms with van der Waals surface area (Å²) in [5.74, 6) is -0.696. The molecule has 1 aliphatic rings. The number of hydrogen-bond donors (Lipinski definition) is 0. The quantitative estimate of drug-likeness (QED) is 0.754. The molecule has 0 bridgehead atoms. The van der Waals surface area contributed by atoms with Crippen LogP contribution in [0, 0.1) is 0 Å². The van der Waals surface area contributed by atoms with Crippen LogP contribution >= 0.6 is 0 Å². The van der Waals surface area contributed by atoms with Crippen LogP contribution in [0.25, 0.3) is 5.65 Å². The third-order valence-electron chi connectivity index (χ3n) is 4.39. The van der Waals surface area contributed by atoms with Gasteiger partial charge in [0.05, 0.1) is 24.4 Å². The Bertz CT molecular complexity index is 909. The fourth-order valence-electron chi connectivity index (χ4n) is 3.12. The maximum atomic E-state index is 12.9. The first-order valence-corrected chi connectivity index (χ1v) is 8.49. The number of esters is 1. The SMILES string of the molecule is CCOC(=O)Cn1c2c(c(=O)n3nc(CC)cc13)CN(C(C)C)C2=O. The van der Waals surface area contributed by atoms with E-state index in [-0.39, 0.29) is 42.9 Å². The van der Waals surface area contributed by atoms with Gasteiger partial charge < -0.3 is 14.2 Å². The second kappa shape index (κ2) is 6.34. The molecule has 3 heterocycles. The molecule has 0 aliphatic carbocycles. The van der Waals surface area contributed by atoms with Crippen LogP contribution in [-0.2, 0) is 29.0 Å². The number of aryl methyl sites for hydroxylation is 1. The molecule has 134 valence electrons. The fraction of sp³-hybridized carbons (Fsp3) is 0.529. The van der Waals surface area contributed by atoms with Gasteiger partial charge in [-0.3, -0.25) is 14.4 Å². The third kappa shape index (κ3) is 2.71. The highest BCUT2D eigenvalue weighted by Gasteiger charge is 2.36. The molecule has 1 aliphatic heterocycles. The maximum Gasteiger partial charge on any atom is 0.326 e. The predicted molar refractivity (Wildman–Crippen MR) is 90.5 cm³/mol. The molecule has 0 saturated carbocycles. The Morgan fingerprint density at radius 1 is 1.32 bits per heavy atom. The molecule has 2 aromatic heterocycles. The summed E-state index contributed by atoms with van der Waals surface area (Å²) in [4.78, 5) is 39.4. The lowest BCUT2D eigenvalue weighted by Crippen LogP contribution is -2.32. The smallest absolute Gasteiger partial charge is 0.326 e. The first kappa shape index (κ1) is 17.2. The van der Waals surface area contributed by atoms with E-state index in [4.69, 9.17) is 4.74 Å². The highest BCUT2D eigenvalue weighted by Crippen LogP contribution is 2.24. The van der Waals surface area contributed by atoms with E-state index >= 15 is 0 Å². The summed E-state index contributed by atoms with van der Waals surface area (Å²) in [5, 5.41) is 4.32. The van der Waals surface area contributed by atoms with Crippen molar-refractivity contribution in [3.05, 3.63) is 33.4 Å². The molecule has 0 unspecified atom stereocenters. The van der Waals surface area contributed by atoms with Crippen LogP contribution < -0.4 is 5.56 Å². The molecule has 0 spiro atoms. The van der Waals surface area contributed by atoms with Gasteiger partial charge in [-0.25, -0.2) is 0 Å². The van der Waals surface area contributed by atoms with Crippen LogP contribution in [-0.4, -0.2) is 43.6 Å². The van der Waals surface area contributed by atoms with Gasteiger partial charge in [0, 0.05) is 12.1 Å². The molecule has 0 aromatic carbocycles. The first-order chi connectivity index (χ1) is 11.9. The lowest BCUT2D eigenvalue weighted by Gasteiger charge is -2.20. The Hall–Kier alpha value is -2.64. The normalized spacial score (nSPS) is 13.8. The lowest BCUT2D eigenvalue weighted by molar-refractivity contribution is -0.143. The Morgan fingerprint density at radius 2 is 2.04 bits per heavy atom. The highest BCUT2D eigenvalue weighted by atomic mass is 16.5. The van der Waals surface area contributed by atoms with Crippen LogP contribution in [0.5, 0.6) is 0 Å². The minimum absolute atomic E-state index is 0.0473. The summed E-state index contributed by atoms with van der Waals surface area (Å²) in [5.41, 5.74) is 1.50. The van der Waals surface area contributed by atoms with Gasteiger partial charge in [-0.1, -0.05) is 6.92 Å². The number of hydrogen-bond acceptors (Lipinski definition) is 5. The predicted octanol–water partition coefficient (Wildman–Crippen LogP) is 0.986. The number of ether oxygens (including phenoxy) is 1. The molecule has 8 nitrogen and oxygen atoms in total. The molecule has 0 saturated heterocycles. The van der Waals surface area contributed by atoms with Crippen molar-refractivity contribution >= 4 is 17.5 Å². The molecule has 2 aromatic rings. The van der Waals surface area contributed by atoms with Crippen molar-refractivity contribution in [1.29, 1.82) is 0 Å². The largest absolute Gasteiger partial charge is 0.465 e. The van der Waals surface area contributed by atoms with Gasteiger partial charge >= 0.3 is 5.97 Å².